The molecule has 1 fully saturated rings. The lowest BCUT2D eigenvalue weighted by molar-refractivity contribution is -0.137. The Hall–Kier alpha value is -2.13. The second-order valence-electron chi connectivity index (χ2n) is 6.72. The number of urea groups is 1. The van der Waals surface area contributed by atoms with Crippen LogP contribution < -0.4 is 10.6 Å². The molecule has 0 atom stereocenters. The van der Waals surface area contributed by atoms with Gasteiger partial charge in [-0.2, -0.15) is 4.31 Å². The molecule has 0 unspecified atom stereocenters. The van der Waals surface area contributed by atoms with E-state index in [0.29, 0.717) is 12.1 Å². The van der Waals surface area contributed by atoms with Gasteiger partial charge < -0.3 is 15.7 Å². The number of carbonyl (C=O) groups excluding carboxylic acids is 1. The summed E-state index contributed by atoms with van der Waals surface area (Å²) < 4.78 is 27.0. The van der Waals surface area contributed by atoms with Crippen molar-refractivity contribution in [3.63, 3.8) is 0 Å². The van der Waals surface area contributed by atoms with Gasteiger partial charge in [0.15, 0.2) is 0 Å². The van der Waals surface area contributed by atoms with Crippen molar-refractivity contribution in [3.8, 4) is 0 Å². The van der Waals surface area contributed by atoms with E-state index in [2.05, 4.69) is 10.6 Å². The summed E-state index contributed by atoms with van der Waals surface area (Å²) in [6, 6.07) is 5.62. The summed E-state index contributed by atoms with van der Waals surface area (Å²) in [7, 11) is -1.93. The maximum atomic E-state index is 12.8. The fourth-order valence-electron chi connectivity index (χ4n) is 3.13. The van der Waals surface area contributed by atoms with Crippen LogP contribution in [0.4, 0.5) is 10.5 Å². The quantitative estimate of drug-likeness (QED) is 0.583. The Morgan fingerprint density at radius 2 is 1.78 bits per heavy atom. The predicted octanol–water partition coefficient (Wildman–Crippen LogP) is 2.63. The van der Waals surface area contributed by atoms with Crippen molar-refractivity contribution in [1.82, 2.24) is 9.62 Å². The van der Waals surface area contributed by atoms with Crippen molar-refractivity contribution in [1.29, 1.82) is 0 Å². The largest absolute Gasteiger partial charge is 0.481 e. The third kappa shape index (κ3) is 6.21. The molecule has 0 bridgehead atoms. The number of anilines is 1. The van der Waals surface area contributed by atoms with E-state index in [9.17, 15) is 18.0 Å². The summed E-state index contributed by atoms with van der Waals surface area (Å²) in [5.74, 6) is -0.910. The molecule has 3 N–H and O–H groups in total. The molecule has 0 radical (unpaired) electrons. The van der Waals surface area contributed by atoms with Gasteiger partial charge in [0.2, 0.25) is 10.0 Å². The number of amides is 2. The van der Waals surface area contributed by atoms with Gasteiger partial charge in [-0.05, 0) is 43.5 Å². The van der Waals surface area contributed by atoms with Crippen molar-refractivity contribution < 1.29 is 23.1 Å². The number of hydrogen-bond donors (Lipinski definition) is 3. The van der Waals surface area contributed by atoms with E-state index >= 15 is 0 Å². The summed E-state index contributed by atoms with van der Waals surface area (Å²) in [6.07, 6.45) is 5.36. The average Bonchev–Trinajstić information content (AvgIpc) is 2.65. The van der Waals surface area contributed by atoms with Crippen molar-refractivity contribution in [2.45, 2.75) is 55.9 Å². The normalized spacial score (nSPS) is 15.5. The fraction of sp³-hybridized carbons (Fsp3) is 0.556. The number of aliphatic carboxylic acids is 1. The van der Waals surface area contributed by atoms with Crippen LogP contribution in [0, 0.1) is 0 Å². The Bertz CT molecular complexity index is 743. The summed E-state index contributed by atoms with van der Waals surface area (Å²) >= 11 is 0. The van der Waals surface area contributed by atoms with Crippen LogP contribution >= 0.6 is 0 Å². The minimum absolute atomic E-state index is 0.0126. The Kier molecular flexibility index (Phi) is 7.61. The maximum Gasteiger partial charge on any atom is 0.319 e. The highest BCUT2D eigenvalue weighted by molar-refractivity contribution is 7.89. The van der Waals surface area contributed by atoms with Crippen LogP contribution in [0.1, 0.15) is 44.9 Å². The summed E-state index contributed by atoms with van der Waals surface area (Å²) in [5, 5.41) is 13.7. The zero-order valence-electron chi connectivity index (χ0n) is 15.5. The summed E-state index contributed by atoms with van der Waals surface area (Å²) in [5.41, 5.74) is 0.463. The first kappa shape index (κ1) is 21.2. The van der Waals surface area contributed by atoms with Gasteiger partial charge in [0, 0.05) is 31.7 Å². The van der Waals surface area contributed by atoms with Crippen LogP contribution in [-0.2, 0) is 14.8 Å². The first-order chi connectivity index (χ1) is 12.8. The minimum atomic E-state index is -3.56. The molecule has 0 aromatic heterocycles. The van der Waals surface area contributed by atoms with E-state index in [1.807, 2.05) is 0 Å². The molecule has 8 nitrogen and oxygen atoms in total. The Morgan fingerprint density at radius 3 is 2.37 bits per heavy atom. The number of nitrogens with one attached hydrogen (secondary N) is 2. The van der Waals surface area contributed by atoms with Crippen LogP contribution in [-0.4, -0.2) is 49.5 Å². The van der Waals surface area contributed by atoms with E-state index in [-0.39, 0.29) is 23.9 Å². The summed E-state index contributed by atoms with van der Waals surface area (Å²) in [6.45, 7) is 0.247. The zero-order chi connectivity index (χ0) is 19.9. The lowest BCUT2D eigenvalue weighted by Gasteiger charge is -2.30. The van der Waals surface area contributed by atoms with Crippen LogP contribution in [0.2, 0.25) is 0 Å². The molecular weight excluding hydrogens is 370 g/mol. The van der Waals surface area contributed by atoms with Crippen molar-refractivity contribution in [3.05, 3.63) is 24.3 Å². The van der Waals surface area contributed by atoms with E-state index < -0.39 is 22.0 Å². The molecule has 0 saturated heterocycles. The number of carboxylic acid groups (broad SMARTS) is 1. The molecule has 150 valence electrons. The zero-order valence-corrected chi connectivity index (χ0v) is 16.3. The Labute approximate surface area is 160 Å². The van der Waals surface area contributed by atoms with Gasteiger partial charge in [0.05, 0.1) is 4.90 Å². The molecule has 27 heavy (non-hydrogen) atoms. The standard InChI is InChI=1S/C18H27N3O5S/c1-21(15-6-3-2-4-7-15)27(25,26)16-11-9-14(10-12-16)20-18(24)19-13-5-8-17(22)23/h9-12,15H,2-8,13H2,1H3,(H,22,23)(H2,19,20,24). The number of benzene rings is 1. The van der Waals surface area contributed by atoms with E-state index in [1.165, 1.54) is 16.4 Å². The lowest BCUT2D eigenvalue weighted by atomic mass is 9.96. The molecule has 1 aliphatic carbocycles. The van der Waals surface area contributed by atoms with Crippen molar-refractivity contribution >= 4 is 27.7 Å². The number of sulfonamides is 1. The highest BCUT2D eigenvalue weighted by Gasteiger charge is 2.28. The molecule has 1 aliphatic rings. The maximum absolute atomic E-state index is 12.8. The molecule has 0 heterocycles. The van der Waals surface area contributed by atoms with Gasteiger partial charge in [0.25, 0.3) is 0 Å². The Morgan fingerprint density at radius 1 is 1.15 bits per heavy atom. The van der Waals surface area contributed by atoms with E-state index in [1.54, 1.807) is 19.2 Å². The smallest absolute Gasteiger partial charge is 0.319 e. The van der Waals surface area contributed by atoms with Gasteiger partial charge >= 0.3 is 12.0 Å². The molecule has 1 saturated carbocycles. The molecule has 0 aliphatic heterocycles. The number of nitrogens with zero attached hydrogens (tertiary/aromatic N) is 1. The first-order valence-corrected chi connectivity index (χ1v) is 10.6. The monoisotopic (exact) mass is 397 g/mol. The van der Waals surface area contributed by atoms with Crippen molar-refractivity contribution in [2.75, 3.05) is 18.9 Å². The lowest BCUT2D eigenvalue weighted by Crippen LogP contribution is -2.38. The average molecular weight is 397 g/mol. The summed E-state index contributed by atoms with van der Waals surface area (Å²) in [4.78, 5) is 22.4. The molecule has 2 amide bonds. The first-order valence-electron chi connectivity index (χ1n) is 9.15. The minimum Gasteiger partial charge on any atom is -0.481 e. The van der Waals surface area contributed by atoms with Crippen LogP contribution in [0.15, 0.2) is 29.2 Å². The predicted molar refractivity (Wildman–Crippen MR) is 102 cm³/mol. The number of carboxylic acids is 1. The molecule has 9 heteroatoms. The van der Waals surface area contributed by atoms with Crippen LogP contribution in [0.25, 0.3) is 0 Å². The molecule has 1 aromatic carbocycles. The number of rotatable bonds is 8. The van der Waals surface area contributed by atoms with Gasteiger partial charge in [-0.3, -0.25) is 4.79 Å². The second kappa shape index (κ2) is 9.70. The molecule has 0 spiro atoms. The van der Waals surface area contributed by atoms with Gasteiger partial charge in [0.1, 0.15) is 0 Å². The Balaban J connectivity index is 1.91. The van der Waals surface area contributed by atoms with Crippen molar-refractivity contribution in [2.24, 2.45) is 0 Å². The van der Waals surface area contributed by atoms with Gasteiger partial charge in [-0.15, -0.1) is 0 Å². The highest BCUT2D eigenvalue weighted by Crippen LogP contribution is 2.26. The van der Waals surface area contributed by atoms with Gasteiger partial charge in [-0.25, -0.2) is 13.2 Å². The second-order valence-corrected chi connectivity index (χ2v) is 8.71. The number of hydrogen-bond acceptors (Lipinski definition) is 4. The third-order valence-electron chi connectivity index (χ3n) is 4.73. The highest BCUT2D eigenvalue weighted by atomic mass is 32.2. The van der Waals surface area contributed by atoms with E-state index in [4.69, 9.17) is 5.11 Å². The SMILES string of the molecule is CN(C1CCCCC1)S(=O)(=O)c1ccc(NC(=O)NCCCC(=O)O)cc1. The van der Waals surface area contributed by atoms with Crippen LogP contribution in [0.5, 0.6) is 0 Å². The molecular formula is C18H27N3O5S. The number of carbonyl (C=O) groups is 2. The molecule has 2 rings (SSSR count). The third-order valence-corrected chi connectivity index (χ3v) is 6.66. The molecule has 1 aromatic rings. The fourth-order valence-corrected chi connectivity index (χ4v) is 4.55. The van der Waals surface area contributed by atoms with E-state index in [0.717, 1.165) is 32.1 Å². The topological polar surface area (TPSA) is 116 Å². The van der Waals surface area contributed by atoms with Gasteiger partial charge in [-0.1, -0.05) is 19.3 Å². The van der Waals surface area contributed by atoms with Crippen LogP contribution in [0.3, 0.4) is 0 Å².